The molecule has 0 saturated heterocycles. The predicted molar refractivity (Wildman–Crippen MR) is 91.1 cm³/mol. The molecule has 1 aromatic heterocycles. The Balaban J connectivity index is 1.90. The highest BCUT2D eigenvalue weighted by molar-refractivity contribution is 5.96. The molecular weight excluding hydrogens is 266 g/mol. The van der Waals surface area contributed by atoms with Crippen molar-refractivity contribution in [2.24, 2.45) is 0 Å². The monoisotopic (exact) mass is 281 g/mol. The Morgan fingerprint density at radius 2 is 1.41 bits per heavy atom. The maximum absolute atomic E-state index is 3.63. The van der Waals surface area contributed by atoms with Gasteiger partial charge in [0.1, 0.15) is 0 Å². The van der Waals surface area contributed by atoms with E-state index < -0.39 is 0 Å². The summed E-state index contributed by atoms with van der Waals surface area (Å²) in [7, 11) is 0. The Morgan fingerprint density at radius 1 is 0.682 bits per heavy atom. The van der Waals surface area contributed by atoms with Gasteiger partial charge in [0.2, 0.25) is 0 Å². The molecule has 1 aliphatic rings. The van der Waals surface area contributed by atoms with E-state index in [1.807, 2.05) is 0 Å². The average molecular weight is 281 g/mol. The maximum Gasteiger partial charge on any atom is 0.0510 e. The minimum Gasteiger partial charge on any atom is -0.354 e. The van der Waals surface area contributed by atoms with E-state index in [1.165, 1.54) is 38.9 Å². The third kappa shape index (κ3) is 1.48. The van der Waals surface area contributed by atoms with Crippen LogP contribution < -0.4 is 0 Å². The average Bonchev–Trinajstić information content (AvgIpc) is 3.10. The SMILES string of the molecule is c1ccc([C@H]2c3ccccc3-c3[nH]c4ccccc4c32)cc1. The number of hydrogen-bond donors (Lipinski definition) is 1. The molecule has 0 spiro atoms. The summed E-state index contributed by atoms with van der Waals surface area (Å²) in [5.74, 6) is 0.323. The zero-order chi connectivity index (χ0) is 14.5. The molecular formula is C21H15N. The largest absolute Gasteiger partial charge is 0.354 e. The van der Waals surface area contributed by atoms with Gasteiger partial charge in [-0.15, -0.1) is 0 Å². The lowest BCUT2D eigenvalue weighted by atomic mass is 9.88. The highest BCUT2D eigenvalue weighted by Crippen LogP contribution is 2.50. The maximum atomic E-state index is 3.63. The van der Waals surface area contributed by atoms with Crippen molar-refractivity contribution in [2.45, 2.75) is 5.92 Å². The molecule has 0 fully saturated rings. The van der Waals surface area contributed by atoms with Crippen LogP contribution >= 0.6 is 0 Å². The number of aromatic amines is 1. The number of aromatic nitrogens is 1. The van der Waals surface area contributed by atoms with Gasteiger partial charge in [-0.1, -0.05) is 72.8 Å². The molecule has 1 heterocycles. The van der Waals surface area contributed by atoms with Crippen molar-refractivity contribution in [3.63, 3.8) is 0 Å². The molecule has 104 valence electrons. The van der Waals surface area contributed by atoms with Crippen LogP contribution in [0.5, 0.6) is 0 Å². The van der Waals surface area contributed by atoms with Crippen molar-refractivity contribution in [3.8, 4) is 11.3 Å². The second-order valence-electron chi connectivity index (χ2n) is 5.89. The van der Waals surface area contributed by atoms with Crippen molar-refractivity contribution in [1.82, 2.24) is 4.98 Å². The Bertz CT molecular complexity index is 979. The molecule has 3 aromatic carbocycles. The molecule has 0 aliphatic heterocycles. The molecule has 1 N–H and O–H groups in total. The van der Waals surface area contributed by atoms with E-state index in [9.17, 15) is 0 Å². The van der Waals surface area contributed by atoms with Crippen molar-refractivity contribution < 1.29 is 0 Å². The smallest absolute Gasteiger partial charge is 0.0510 e. The second-order valence-corrected chi connectivity index (χ2v) is 5.89. The van der Waals surface area contributed by atoms with E-state index in [1.54, 1.807) is 0 Å². The quantitative estimate of drug-likeness (QED) is 0.427. The molecule has 1 heteroatoms. The fourth-order valence-electron chi connectivity index (χ4n) is 3.80. The highest BCUT2D eigenvalue weighted by Gasteiger charge is 2.32. The second kappa shape index (κ2) is 4.35. The summed E-state index contributed by atoms with van der Waals surface area (Å²) in [6.07, 6.45) is 0. The fourth-order valence-corrected chi connectivity index (χ4v) is 3.80. The van der Waals surface area contributed by atoms with Crippen LogP contribution in [0.15, 0.2) is 78.9 Å². The van der Waals surface area contributed by atoms with Crippen LogP contribution in [0.2, 0.25) is 0 Å². The Kier molecular flexibility index (Phi) is 2.33. The third-order valence-corrected chi connectivity index (χ3v) is 4.71. The number of H-pyrrole nitrogens is 1. The van der Waals surface area contributed by atoms with Crippen molar-refractivity contribution in [1.29, 1.82) is 0 Å². The summed E-state index contributed by atoms with van der Waals surface area (Å²) in [5.41, 5.74) is 8.03. The summed E-state index contributed by atoms with van der Waals surface area (Å²) in [6, 6.07) is 28.2. The van der Waals surface area contributed by atoms with Gasteiger partial charge in [0.05, 0.1) is 5.69 Å². The molecule has 0 unspecified atom stereocenters. The topological polar surface area (TPSA) is 15.8 Å². The molecule has 0 bridgehead atoms. The fraction of sp³-hybridized carbons (Fsp3) is 0.0476. The molecule has 0 amide bonds. The summed E-state index contributed by atoms with van der Waals surface area (Å²) in [4.78, 5) is 3.63. The van der Waals surface area contributed by atoms with Crippen LogP contribution in [-0.4, -0.2) is 4.98 Å². The predicted octanol–water partition coefficient (Wildman–Crippen LogP) is 5.33. The molecule has 1 atom stereocenters. The molecule has 0 saturated carbocycles. The lowest BCUT2D eigenvalue weighted by Gasteiger charge is -2.14. The first-order valence-electron chi connectivity index (χ1n) is 7.68. The van der Waals surface area contributed by atoms with E-state index in [0.717, 1.165) is 0 Å². The summed E-state index contributed by atoms with van der Waals surface area (Å²) in [6.45, 7) is 0. The van der Waals surface area contributed by atoms with Crippen LogP contribution in [0.4, 0.5) is 0 Å². The Labute approximate surface area is 129 Å². The van der Waals surface area contributed by atoms with Gasteiger partial charge in [0, 0.05) is 22.4 Å². The van der Waals surface area contributed by atoms with E-state index >= 15 is 0 Å². The summed E-state index contributed by atoms with van der Waals surface area (Å²) >= 11 is 0. The van der Waals surface area contributed by atoms with Gasteiger partial charge in [-0.05, 0) is 22.8 Å². The first-order chi connectivity index (χ1) is 10.9. The Morgan fingerprint density at radius 3 is 2.32 bits per heavy atom. The third-order valence-electron chi connectivity index (χ3n) is 4.71. The lowest BCUT2D eigenvalue weighted by Crippen LogP contribution is -1.98. The molecule has 4 aromatic rings. The molecule has 0 radical (unpaired) electrons. The number of nitrogens with one attached hydrogen (secondary N) is 1. The first kappa shape index (κ1) is 11.8. The van der Waals surface area contributed by atoms with E-state index in [-0.39, 0.29) is 0 Å². The zero-order valence-electron chi connectivity index (χ0n) is 12.1. The van der Waals surface area contributed by atoms with Crippen LogP contribution in [0.3, 0.4) is 0 Å². The van der Waals surface area contributed by atoms with E-state index in [4.69, 9.17) is 0 Å². The minimum atomic E-state index is 0.323. The first-order valence-corrected chi connectivity index (χ1v) is 7.68. The van der Waals surface area contributed by atoms with Gasteiger partial charge in [0.15, 0.2) is 0 Å². The molecule has 5 rings (SSSR count). The summed E-state index contributed by atoms with van der Waals surface area (Å²) in [5, 5.41) is 1.34. The number of hydrogen-bond acceptors (Lipinski definition) is 0. The van der Waals surface area contributed by atoms with Crippen LogP contribution in [0.25, 0.3) is 22.2 Å². The van der Waals surface area contributed by atoms with Crippen molar-refractivity contribution >= 4 is 10.9 Å². The van der Waals surface area contributed by atoms with Gasteiger partial charge >= 0.3 is 0 Å². The van der Waals surface area contributed by atoms with Gasteiger partial charge in [-0.25, -0.2) is 0 Å². The number of benzene rings is 3. The van der Waals surface area contributed by atoms with Crippen molar-refractivity contribution in [3.05, 3.63) is 95.6 Å². The number of para-hydroxylation sites is 1. The van der Waals surface area contributed by atoms with E-state index in [2.05, 4.69) is 83.8 Å². The Hall–Kier alpha value is -2.80. The van der Waals surface area contributed by atoms with Gasteiger partial charge in [-0.2, -0.15) is 0 Å². The van der Waals surface area contributed by atoms with Crippen molar-refractivity contribution in [2.75, 3.05) is 0 Å². The van der Waals surface area contributed by atoms with Gasteiger partial charge < -0.3 is 4.98 Å². The van der Waals surface area contributed by atoms with Crippen LogP contribution in [0.1, 0.15) is 22.6 Å². The highest BCUT2D eigenvalue weighted by atomic mass is 14.7. The number of rotatable bonds is 1. The molecule has 1 aliphatic carbocycles. The molecule has 1 nitrogen and oxygen atoms in total. The standard InChI is InChI=1S/C21H15N/c1-2-8-14(9-3-1)19-15-10-4-5-11-16(15)21-20(19)17-12-6-7-13-18(17)22-21/h1-13,19,22H/t19-/m0/s1. The zero-order valence-corrected chi connectivity index (χ0v) is 12.1. The van der Waals surface area contributed by atoms with Gasteiger partial charge in [-0.3, -0.25) is 0 Å². The van der Waals surface area contributed by atoms with Crippen LogP contribution in [-0.2, 0) is 0 Å². The molecule has 22 heavy (non-hydrogen) atoms. The minimum absolute atomic E-state index is 0.323. The van der Waals surface area contributed by atoms with E-state index in [0.29, 0.717) is 5.92 Å². The lowest BCUT2D eigenvalue weighted by molar-refractivity contribution is 1.03. The van der Waals surface area contributed by atoms with Crippen LogP contribution in [0, 0.1) is 0 Å². The normalized spacial score (nSPS) is 15.7. The summed E-state index contributed by atoms with van der Waals surface area (Å²) < 4.78 is 0. The van der Waals surface area contributed by atoms with Gasteiger partial charge in [0.25, 0.3) is 0 Å². The number of fused-ring (bicyclic) bond motifs is 5.